The number of nitrogens with zero attached hydrogens (tertiary/aromatic N) is 2. The number of fused-ring (bicyclic) bond motifs is 1. The van der Waals surface area contributed by atoms with Gasteiger partial charge in [-0.15, -0.1) is 0 Å². The van der Waals surface area contributed by atoms with Crippen molar-refractivity contribution in [2.24, 2.45) is 0 Å². The molecule has 0 aliphatic carbocycles. The average Bonchev–Trinajstić information content (AvgIpc) is 3.16. The number of benzene rings is 4. The fraction of sp³-hybridized carbons (Fsp3) is 0.100. The second kappa shape index (κ2) is 8.32. The maximum Gasteiger partial charge on any atom is 0.133 e. The summed E-state index contributed by atoms with van der Waals surface area (Å²) in [6.07, 6.45) is 1.85. The van der Waals surface area contributed by atoms with E-state index in [-0.39, 0.29) is 0 Å². The van der Waals surface area contributed by atoms with Crippen molar-refractivity contribution < 1.29 is 0 Å². The second-order valence-electron chi connectivity index (χ2n) is 8.36. The fourth-order valence-corrected chi connectivity index (χ4v) is 4.22. The Balaban J connectivity index is 1.76. The number of hydrogen-bond donors (Lipinski definition) is 0. The van der Waals surface area contributed by atoms with Crippen LogP contribution in [0.4, 0.5) is 0 Å². The first kappa shape index (κ1) is 20.0. The van der Waals surface area contributed by atoms with E-state index in [0.717, 1.165) is 23.4 Å². The Labute approximate surface area is 189 Å². The smallest absolute Gasteiger partial charge is 0.133 e. The Morgan fingerprint density at radius 1 is 0.750 bits per heavy atom. The van der Waals surface area contributed by atoms with E-state index in [9.17, 15) is 0 Å². The third kappa shape index (κ3) is 3.76. The first-order valence-corrected chi connectivity index (χ1v) is 11.0. The van der Waals surface area contributed by atoms with Gasteiger partial charge in [-0.05, 0) is 59.9 Å². The number of hydrogen-bond acceptors (Lipinski definition) is 1. The van der Waals surface area contributed by atoms with Crippen molar-refractivity contribution in [2.75, 3.05) is 0 Å². The minimum absolute atomic E-state index is 0.760. The summed E-state index contributed by atoms with van der Waals surface area (Å²) in [6.45, 7) is 9.03. The molecule has 0 aliphatic rings. The average molecular weight is 415 g/mol. The summed E-state index contributed by atoms with van der Waals surface area (Å²) in [5.41, 5.74) is 10.7. The van der Waals surface area contributed by atoms with E-state index in [1.165, 1.54) is 38.9 Å². The lowest BCUT2D eigenvalue weighted by Crippen LogP contribution is -2.02. The predicted octanol–water partition coefficient (Wildman–Crippen LogP) is 7.68. The first-order valence-electron chi connectivity index (χ1n) is 11.0. The minimum atomic E-state index is 0.760. The molecule has 0 amide bonds. The Morgan fingerprint density at radius 3 is 1.88 bits per heavy atom. The zero-order valence-electron chi connectivity index (χ0n) is 18.5. The van der Waals surface area contributed by atoms with Crippen molar-refractivity contribution in [3.63, 3.8) is 0 Å². The third-order valence-electron chi connectivity index (χ3n) is 6.01. The van der Waals surface area contributed by atoms with Gasteiger partial charge in [0.2, 0.25) is 0 Å². The molecule has 0 aliphatic heterocycles. The number of rotatable bonds is 5. The number of aromatic nitrogens is 2. The third-order valence-corrected chi connectivity index (χ3v) is 6.01. The van der Waals surface area contributed by atoms with Crippen LogP contribution in [0.15, 0.2) is 97.6 Å². The summed E-state index contributed by atoms with van der Waals surface area (Å²) in [5, 5.41) is 0. The van der Waals surface area contributed by atoms with E-state index >= 15 is 0 Å². The maximum atomic E-state index is 4.92. The maximum absolute atomic E-state index is 4.92. The van der Waals surface area contributed by atoms with Gasteiger partial charge >= 0.3 is 0 Å². The second-order valence-corrected chi connectivity index (χ2v) is 8.36. The van der Waals surface area contributed by atoms with Crippen LogP contribution in [0.1, 0.15) is 22.5 Å². The summed E-state index contributed by atoms with van der Waals surface area (Å²) in [4.78, 5) is 4.92. The van der Waals surface area contributed by atoms with Gasteiger partial charge in [0.15, 0.2) is 0 Å². The molecule has 5 aromatic rings. The van der Waals surface area contributed by atoms with E-state index in [2.05, 4.69) is 110 Å². The highest BCUT2D eigenvalue weighted by Crippen LogP contribution is 2.36. The zero-order chi connectivity index (χ0) is 22.1. The Morgan fingerprint density at radius 2 is 1.31 bits per heavy atom. The van der Waals surface area contributed by atoms with E-state index < -0.39 is 0 Å². The van der Waals surface area contributed by atoms with Crippen LogP contribution >= 0.6 is 0 Å². The highest BCUT2D eigenvalue weighted by atomic mass is 15.1. The van der Waals surface area contributed by atoms with Crippen LogP contribution in [0.5, 0.6) is 0 Å². The van der Waals surface area contributed by atoms with Crippen LogP contribution in [0.25, 0.3) is 39.4 Å². The molecule has 0 radical (unpaired) electrons. The molecule has 0 N–H and O–H groups in total. The van der Waals surface area contributed by atoms with Gasteiger partial charge in [0.05, 0.1) is 11.0 Å². The van der Waals surface area contributed by atoms with Crippen LogP contribution in [0, 0.1) is 13.8 Å². The fourth-order valence-electron chi connectivity index (χ4n) is 4.22. The van der Waals surface area contributed by atoms with Gasteiger partial charge in [0, 0.05) is 6.54 Å². The van der Waals surface area contributed by atoms with Crippen molar-refractivity contribution in [1.29, 1.82) is 0 Å². The van der Waals surface area contributed by atoms with Gasteiger partial charge in [-0.3, -0.25) is 0 Å². The first-order chi connectivity index (χ1) is 15.6. The van der Waals surface area contributed by atoms with Gasteiger partial charge < -0.3 is 4.57 Å². The normalized spacial score (nSPS) is 11.1. The lowest BCUT2D eigenvalue weighted by atomic mass is 9.93. The van der Waals surface area contributed by atoms with Gasteiger partial charge in [-0.25, -0.2) is 4.98 Å². The minimum Gasteiger partial charge on any atom is -0.320 e. The summed E-state index contributed by atoms with van der Waals surface area (Å²) >= 11 is 0. The summed E-state index contributed by atoms with van der Waals surface area (Å²) < 4.78 is 2.26. The topological polar surface area (TPSA) is 17.8 Å². The van der Waals surface area contributed by atoms with Gasteiger partial charge in [-0.1, -0.05) is 96.6 Å². The van der Waals surface area contributed by atoms with E-state index in [1.54, 1.807) is 0 Å². The highest BCUT2D eigenvalue weighted by Gasteiger charge is 2.15. The lowest BCUT2D eigenvalue weighted by molar-refractivity contribution is 0.814. The van der Waals surface area contributed by atoms with Crippen molar-refractivity contribution in [3.8, 4) is 22.3 Å². The Bertz CT molecular complexity index is 1390. The highest BCUT2D eigenvalue weighted by molar-refractivity contribution is 5.94. The molecule has 156 valence electrons. The predicted molar refractivity (Wildman–Crippen MR) is 136 cm³/mol. The SMILES string of the molecule is C=Cc1nc2cc(-c3ccc(C)cc3)c(-c3ccc(C)cc3)cc2n1Cc1ccccc1. The van der Waals surface area contributed by atoms with E-state index in [1.807, 2.05) is 12.1 Å². The van der Waals surface area contributed by atoms with Crippen molar-refractivity contribution in [2.45, 2.75) is 20.4 Å². The summed E-state index contributed by atoms with van der Waals surface area (Å²) in [7, 11) is 0. The summed E-state index contributed by atoms with van der Waals surface area (Å²) in [6, 6.07) is 32.5. The standard InChI is InChI=1S/C30H26N2/c1-4-30-31-28-18-26(24-14-10-21(2)11-15-24)27(25-16-12-22(3)13-17-25)19-29(28)32(30)20-23-8-6-5-7-9-23/h4-19H,1,20H2,2-3H3. The molecule has 2 heteroatoms. The van der Waals surface area contributed by atoms with Gasteiger partial charge in [0.25, 0.3) is 0 Å². The molecule has 0 bridgehead atoms. The van der Waals surface area contributed by atoms with Crippen LogP contribution in [0.2, 0.25) is 0 Å². The van der Waals surface area contributed by atoms with Crippen molar-refractivity contribution >= 4 is 17.1 Å². The molecular weight excluding hydrogens is 388 g/mol. The molecule has 32 heavy (non-hydrogen) atoms. The van der Waals surface area contributed by atoms with E-state index in [4.69, 9.17) is 4.98 Å². The molecule has 0 saturated heterocycles. The van der Waals surface area contributed by atoms with Crippen LogP contribution < -0.4 is 0 Å². The molecule has 0 fully saturated rings. The quantitative estimate of drug-likeness (QED) is 0.288. The van der Waals surface area contributed by atoms with Crippen LogP contribution in [-0.4, -0.2) is 9.55 Å². The molecule has 4 aromatic carbocycles. The molecule has 0 spiro atoms. The molecule has 0 unspecified atom stereocenters. The number of aryl methyl sites for hydroxylation is 2. The van der Waals surface area contributed by atoms with Crippen molar-refractivity contribution in [1.82, 2.24) is 9.55 Å². The Kier molecular flexibility index (Phi) is 5.20. The van der Waals surface area contributed by atoms with Crippen LogP contribution in [-0.2, 0) is 6.54 Å². The van der Waals surface area contributed by atoms with Gasteiger partial charge in [-0.2, -0.15) is 0 Å². The van der Waals surface area contributed by atoms with Crippen molar-refractivity contribution in [3.05, 3.63) is 120 Å². The zero-order valence-corrected chi connectivity index (χ0v) is 18.5. The molecule has 0 saturated carbocycles. The van der Waals surface area contributed by atoms with E-state index in [0.29, 0.717) is 0 Å². The molecule has 1 heterocycles. The molecule has 5 rings (SSSR count). The van der Waals surface area contributed by atoms with Crippen LogP contribution in [0.3, 0.4) is 0 Å². The molecule has 0 atom stereocenters. The molecule has 2 nitrogen and oxygen atoms in total. The number of imidazole rings is 1. The monoisotopic (exact) mass is 414 g/mol. The molecular formula is C30H26N2. The summed E-state index contributed by atoms with van der Waals surface area (Å²) in [5.74, 6) is 0.889. The lowest BCUT2D eigenvalue weighted by Gasteiger charge is -2.13. The largest absolute Gasteiger partial charge is 0.320 e. The van der Waals surface area contributed by atoms with Gasteiger partial charge in [0.1, 0.15) is 5.82 Å². The molecule has 1 aromatic heterocycles. The Hall–Kier alpha value is -3.91.